The molecule has 3 nitrogen and oxygen atoms in total. The van der Waals surface area contributed by atoms with Gasteiger partial charge in [-0.2, -0.15) is 0 Å². The van der Waals surface area contributed by atoms with Gasteiger partial charge in [0.05, 0.1) is 6.54 Å². The van der Waals surface area contributed by atoms with E-state index < -0.39 is 0 Å². The van der Waals surface area contributed by atoms with Crippen LogP contribution in [0.3, 0.4) is 0 Å². The van der Waals surface area contributed by atoms with Crippen LogP contribution >= 0.6 is 0 Å². The molecule has 0 N–H and O–H groups in total. The third-order valence-corrected chi connectivity index (χ3v) is 9.36. The first-order chi connectivity index (χ1) is 13.6. The second-order valence-corrected chi connectivity index (χ2v) is 11.2. The van der Waals surface area contributed by atoms with E-state index in [2.05, 4.69) is 23.2 Å². The lowest BCUT2D eigenvalue weighted by Gasteiger charge is -2.22. The molecule has 3 heteroatoms. The van der Waals surface area contributed by atoms with Crippen molar-refractivity contribution in [1.82, 2.24) is 0 Å². The van der Waals surface area contributed by atoms with Crippen molar-refractivity contribution in [1.29, 1.82) is 0 Å². The molecule has 1 aromatic rings. The summed E-state index contributed by atoms with van der Waals surface area (Å²) in [5.74, 6) is 2.08. The van der Waals surface area contributed by atoms with Crippen LogP contribution in [0.5, 0.6) is 0 Å². The Balaban J connectivity index is 1.28. The van der Waals surface area contributed by atoms with Crippen molar-refractivity contribution in [2.45, 2.75) is 81.5 Å². The van der Waals surface area contributed by atoms with Crippen molar-refractivity contribution < 1.29 is 0 Å². The van der Waals surface area contributed by atoms with Gasteiger partial charge < -0.3 is 0 Å². The standard InChI is InChI=1S/C25H27N3/c1-2-22(1)5-6-23(3-4-23)18-12-16(11-17(22)13-18)20(27-19-14-24(19)7-8-24)28-21-25(9-10-25)15-26-21/h11-13H,1-10,14-15H2. The van der Waals surface area contributed by atoms with E-state index in [0.717, 1.165) is 18.2 Å². The smallest absolute Gasteiger partial charge is 0.161 e. The van der Waals surface area contributed by atoms with E-state index in [1.54, 1.807) is 11.1 Å². The van der Waals surface area contributed by atoms with Gasteiger partial charge >= 0.3 is 0 Å². The van der Waals surface area contributed by atoms with Crippen LogP contribution < -0.4 is 0 Å². The van der Waals surface area contributed by atoms with E-state index >= 15 is 0 Å². The topological polar surface area (TPSA) is 37.1 Å². The van der Waals surface area contributed by atoms with Gasteiger partial charge in [0.2, 0.25) is 0 Å². The maximum absolute atomic E-state index is 5.18. The number of nitrogens with zero attached hydrogens (tertiary/aromatic N) is 3. The molecule has 7 aliphatic rings. The Kier molecular flexibility index (Phi) is 2.36. The molecule has 0 saturated heterocycles. The minimum absolute atomic E-state index is 0.343. The lowest BCUT2D eigenvalue weighted by molar-refractivity contribution is 0.523. The van der Waals surface area contributed by atoms with Gasteiger partial charge in [-0.3, -0.25) is 4.99 Å². The molecule has 2 bridgehead atoms. The summed E-state index contributed by atoms with van der Waals surface area (Å²) in [6, 6.07) is 7.48. The average Bonchev–Trinajstić information content (AvgIpc) is 3.56. The molecular weight excluding hydrogens is 342 g/mol. The van der Waals surface area contributed by atoms with E-state index in [1.807, 2.05) is 0 Å². The van der Waals surface area contributed by atoms with Gasteiger partial charge in [-0.15, -0.1) is 0 Å². The molecule has 5 fully saturated rings. The molecule has 0 atom stereocenters. The van der Waals surface area contributed by atoms with E-state index in [1.165, 1.54) is 81.9 Å². The maximum atomic E-state index is 5.18. The molecule has 1 aliphatic heterocycles. The fraction of sp³-hybridized carbons (Fsp3) is 0.640. The van der Waals surface area contributed by atoms with Crippen molar-refractivity contribution in [3.63, 3.8) is 0 Å². The fourth-order valence-electron chi connectivity index (χ4n) is 6.01. The Hall–Kier alpha value is -1.77. The van der Waals surface area contributed by atoms with Crippen LogP contribution in [0.4, 0.5) is 0 Å². The van der Waals surface area contributed by atoms with E-state index in [-0.39, 0.29) is 0 Å². The highest BCUT2D eigenvalue weighted by Crippen LogP contribution is 2.64. The van der Waals surface area contributed by atoms with Crippen molar-refractivity contribution in [2.75, 3.05) is 6.54 Å². The number of benzene rings is 1. The highest BCUT2D eigenvalue weighted by molar-refractivity contribution is 6.19. The van der Waals surface area contributed by atoms with Crippen LogP contribution in [0.25, 0.3) is 0 Å². The first-order valence-electron chi connectivity index (χ1n) is 11.5. The molecule has 6 aliphatic carbocycles. The van der Waals surface area contributed by atoms with Crippen LogP contribution in [0, 0.1) is 10.8 Å². The quantitative estimate of drug-likeness (QED) is 0.487. The molecule has 0 radical (unpaired) electrons. The second-order valence-electron chi connectivity index (χ2n) is 11.2. The molecule has 0 aromatic heterocycles. The molecule has 1 aromatic carbocycles. The van der Waals surface area contributed by atoms with E-state index in [0.29, 0.717) is 21.7 Å². The highest BCUT2D eigenvalue weighted by atomic mass is 15.1. The zero-order valence-electron chi connectivity index (χ0n) is 16.6. The Morgan fingerprint density at radius 3 is 1.75 bits per heavy atom. The Morgan fingerprint density at radius 2 is 1.29 bits per heavy atom. The molecule has 5 saturated carbocycles. The Morgan fingerprint density at radius 1 is 0.714 bits per heavy atom. The summed E-state index contributed by atoms with van der Waals surface area (Å²) in [4.78, 5) is 15.0. The van der Waals surface area contributed by atoms with Crippen LogP contribution in [0.1, 0.15) is 87.3 Å². The van der Waals surface area contributed by atoms with Crippen LogP contribution in [-0.4, -0.2) is 23.9 Å². The largest absolute Gasteiger partial charge is 0.269 e. The molecule has 4 spiro atoms. The van der Waals surface area contributed by atoms with Crippen LogP contribution in [0.15, 0.2) is 33.2 Å². The number of hydrogen-bond acceptors (Lipinski definition) is 2. The Labute approximate surface area is 166 Å². The molecular formula is C25H27N3. The summed E-state index contributed by atoms with van der Waals surface area (Å²) in [7, 11) is 0. The third kappa shape index (κ3) is 1.93. The summed E-state index contributed by atoms with van der Waals surface area (Å²) in [6.45, 7) is 0.997. The number of amidine groups is 2. The number of fused-ring (bicyclic) bond motifs is 4. The summed E-state index contributed by atoms with van der Waals surface area (Å²) < 4.78 is 0. The summed E-state index contributed by atoms with van der Waals surface area (Å²) in [5.41, 5.74) is 7.69. The normalized spacial score (nSPS) is 33.6. The van der Waals surface area contributed by atoms with Crippen molar-refractivity contribution in [3.8, 4) is 0 Å². The SMILES string of the molecule is c1c(C(=NC2=NCC23CC3)N=C2CC23CC3)cc2cc1C1(CC1)CCC21CC1. The van der Waals surface area contributed by atoms with Crippen molar-refractivity contribution in [3.05, 3.63) is 34.9 Å². The molecule has 1 heterocycles. The zero-order chi connectivity index (χ0) is 18.2. The summed E-state index contributed by atoms with van der Waals surface area (Å²) in [6.07, 6.45) is 14.8. The van der Waals surface area contributed by atoms with Gasteiger partial charge in [0.1, 0.15) is 5.84 Å². The predicted molar refractivity (Wildman–Crippen MR) is 112 cm³/mol. The highest BCUT2D eigenvalue weighted by Gasteiger charge is 2.60. The van der Waals surface area contributed by atoms with Gasteiger partial charge in [0.15, 0.2) is 5.84 Å². The van der Waals surface area contributed by atoms with E-state index in [9.17, 15) is 0 Å². The van der Waals surface area contributed by atoms with Crippen molar-refractivity contribution in [2.24, 2.45) is 25.8 Å². The first-order valence-corrected chi connectivity index (χ1v) is 11.5. The van der Waals surface area contributed by atoms with Gasteiger partial charge in [0.25, 0.3) is 0 Å². The lowest BCUT2D eigenvalue weighted by Crippen LogP contribution is -2.28. The monoisotopic (exact) mass is 369 g/mol. The second kappa shape index (κ2) is 4.37. The molecule has 142 valence electrons. The van der Waals surface area contributed by atoms with Gasteiger partial charge in [-0.05, 0) is 105 Å². The van der Waals surface area contributed by atoms with Gasteiger partial charge in [-0.1, -0.05) is 6.07 Å². The fourth-order valence-corrected chi connectivity index (χ4v) is 6.01. The third-order valence-electron chi connectivity index (χ3n) is 9.36. The van der Waals surface area contributed by atoms with E-state index in [4.69, 9.17) is 9.98 Å². The molecule has 0 amide bonds. The Bertz CT molecular complexity index is 1000. The van der Waals surface area contributed by atoms with Gasteiger partial charge in [0, 0.05) is 22.1 Å². The lowest BCUT2D eigenvalue weighted by atomic mass is 9.91. The van der Waals surface area contributed by atoms with Crippen molar-refractivity contribution >= 4 is 17.4 Å². The number of aliphatic imine (C=N–C) groups is 3. The molecule has 8 rings (SSSR count). The number of hydrogen-bond donors (Lipinski definition) is 0. The number of rotatable bonds is 1. The predicted octanol–water partition coefficient (Wildman–Crippen LogP) is 5.11. The first kappa shape index (κ1) is 15.1. The minimum Gasteiger partial charge on any atom is -0.269 e. The summed E-state index contributed by atoms with van der Waals surface area (Å²) in [5, 5.41) is 0. The maximum Gasteiger partial charge on any atom is 0.161 e. The minimum atomic E-state index is 0.343. The zero-order valence-corrected chi connectivity index (χ0v) is 16.6. The van der Waals surface area contributed by atoms with Crippen LogP contribution in [-0.2, 0) is 10.8 Å². The average molecular weight is 370 g/mol. The van der Waals surface area contributed by atoms with Gasteiger partial charge in [-0.25, -0.2) is 9.98 Å². The van der Waals surface area contributed by atoms with Crippen LogP contribution in [0.2, 0.25) is 0 Å². The molecule has 28 heavy (non-hydrogen) atoms. The summed E-state index contributed by atoms with van der Waals surface area (Å²) >= 11 is 0. The molecule has 0 unspecified atom stereocenters.